The van der Waals surface area contributed by atoms with Gasteiger partial charge in [-0.05, 0) is 31.7 Å². The van der Waals surface area contributed by atoms with Gasteiger partial charge in [-0.1, -0.05) is 6.08 Å². The van der Waals surface area contributed by atoms with Gasteiger partial charge in [-0.15, -0.1) is 0 Å². The summed E-state index contributed by atoms with van der Waals surface area (Å²) < 4.78 is 0. The van der Waals surface area contributed by atoms with Crippen LogP contribution < -0.4 is 0 Å². The minimum atomic E-state index is 0.730. The van der Waals surface area contributed by atoms with Crippen LogP contribution in [0.4, 0.5) is 0 Å². The van der Waals surface area contributed by atoms with Crippen molar-refractivity contribution in [2.24, 2.45) is 4.99 Å². The Morgan fingerprint density at radius 1 is 1.14 bits per heavy atom. The summed E-state index contributed by atoms with van der Waals surface area (Å²) >= 11 is 0. The highest BCUT2D eigenvalue weighted by Gasteiger charge is 2.03. The molecule has 0 bridgehead atoms. The largest absolute Gasteiger partial charge is 0.258 e. The van der Waals surface area contributed by atoms with Crippen molar-refractivity contribution in [2.75, 3.05) is 0 Å². The van der Waals surface area contributed by atoms with Crippen molar-refractivity contribution in [2.45, 2.75) is 26.2 Å². The molecule has 0 amide bonds. The van der Waals surface area contributed by atoms with Crippen LogP contribution >= 0.6 is 0 Å². The number of hydrogen-bond donors (Lipinski definition) is 0. The number of aliphatic imine (C=N–C) groups is 1. The average molecular weight is 187 g/mol. The fourth-order valence-corrected chi connectivity index (χ4v) is 1.34. The number of hydrogen-bond acceptors (Lipinski definition) is 3. The van der Waals surface area contributed by atoms with E-state index in [1.54, 1.807) is 0 Å². The first-order chi connectivity index (χ1) is 6.86. The molecule has 0 saturated heterocycles. The van der Waals surface area contributed by atoms with Gasteiger partial charge in [0.1, 0.15) is 5.70 Å². The Hall–Kier alpha value is -1.51. The first-order valence-electron chi connectivity index (χ1n) is 4.88. The molecule has 3 nitrogen and oxygen atoms in total. The van der Waals surface area contributed by atoms with Gasteiger partial charge in [-0.3, -0.25) is 4.99 Å². The van der Waals surface area contributed by atoms with E-state index in [2.05, 4.69) is 21.0 Å². The normalized spacial score (nSPS) is 16.2. The maximum absolute atomic E-state index is 4.33. The van der Waals surface area contributed by atoms with Crippen LogP contribution in [0.1, 0.15) is 30.7 Å². The summed E-state index contributed by atoms with van der Waals surface area (Å²) in [5, 5.41) is 0. The van der Waals surface area contributed by atoms with E-state index in [0.717, 1.165) is 29.9 Å². The SMILES string of the molecule is Cc1cnc(C2=CCCCC=N2)nc1. The maximum atomic E-state index is 4.33. The van der Waals surface area contributed by atoms with Crippen LogP contribution in [0.25, 0.3) is 5.70 Å². The second-order valence-electron chi connectivity index (χ2n) is 3.42. The zero-order chi connectivity index (χ0) is 9.80. The number of aryl methyl sites for hydroxylation is 1. The molecule has 0 fully saturated rings. The van der Waals surface area contributed by atoms with Crippen molar-refractivity contribution >= 4 is 11.9 Å². The van der Waals surface area contributed by atoms with Crippen LogP contribution in [-0.2, 0) is 0 Å². The quantitative estimate of drug-likeness (QED) is 0.677. The lowest BCUT2D eigenvalue weighted by Crippen LogP contribution is -1.92. The lowest BCUT2D eigenvalue weighted by Gasteiger charge is -1.98. The Bertz CT molecular complexity index is 363. The molecule has 0 atom stereocenters. The summed E-state index contributed by atoms with van der Waals surface area (Å²) in [6.07, 6.45) is 11.0. The second-order valence-corrected chi connectivity index (χ2v) is 3.42. The van der Waals surface area contributed by atoms with Crippen LogP contribution in [-0.4, -0.2) is 16.2 Å². The van der Waals surface area contributed by atoms with Gasteiger partial charge in [0.05, 0.1) is 0 Å². The van der Waals surface area contributed by atoms with Crippen molar-refractivity contribution in [1.82, 2.24) is 9.97 Å². The molecule has 0 spiro atoms. The molecule has 14 heavy (non-hydrogen) atoms. The molecule has 1 aliphatic rings. The Balaban J connectivity index is 2.29. The summed E-state index contributed by atoms with van der Waals surface area (Å²) in [4.78, 5) is 12.8. The lowest BCUT2D eigenvalue weighted by molar-refractivity contribution is 0.911. The molecule has 0 unspecified atom stereocenters. The Kier molecular flexibility index (Phi) is 2.68. The van der Waals surface area contributed by atoms with Gasteiger partial charge in [0, 0.05) is 18.6 Å². The van der Waals surface area contributed by atoms with E-state index in [-0.39, 0.29) is 0 Å². The topological polar surface area (TPSA) is 38.1 Å². The first-order valence-corrected chi connectivity index (χ1v) is 4.88. The molecule has 72 valence electrons. The van der Waals surface area contributed by atoms with Gasteiger partial charge in [0.25, 0.3) is 0 Å². The smallest absolute Gasteiger partial charge is 0.177 e. The third-order valence-electron chi connectivity index (χ3n) is 2.12. The van der Waals surface area contributed by atoms with Crippen molar-refractivity contribution in [1.29, 1.82) is 0 Å². The molecule has 0 saturated carbocycles. The molecular weight excluding hydrogens is 174 g/mol. The fraction of sp³-hybridized carbons (Fsp3) is 0.364. The highest BCUT2D eigenvalue weighted by molar-refractivity contribution is 5.71. The zero-order valence-electron chi connectivity index (χ0n) is 8.27. The molecule has 0 aliphatic carbocycles. The summed E-state index contributed by atoms with van der Waals surface area (Å²) in [5.41, 5.74) is 1.98. The number of aromatic nitrogens is 2. The van der Waals surface area contributed by atoms with Gasteiger partial charge in [-0.25, -0.2) is 9.97 Å². The van der Waals surface area contributed by atoms with Gasteiger partial charge in [-0.2, -0.15) is 0 Å². The summed E-state index contributed by atoms with van der Waals surface area (Å²) in [7, 11) is 0. The Labute approximate surface area is 83.6 Å². The molecule has 0 radical (unpaired) electrons. The number of allylic oxidation sites excluding steroid dienone is 1. The van der Waals surface area contributed by atoms with E-state index >= 15 is 0 Å². The monoisotopic (exact) mass is 187 g/mol. The predicted octanol–water partition coefficient (Wildman–Crippen LogP) is 2.38. The maximum Gasteiger partial charge on any atom is 0.177 e. The fourth-order valence-electron chi connectivity index (χ4n) is 1.34. The predicted molar refractivity (Wildman–Crippen MR) is 57.1 cm³/mol. The van der Waals surface area contributed by atoms with E-state index in [1.807, 2.05) is 25.5 Å². The van der Waals surface area contributed by atoms with Crippen LogP contribution in [0.5, 0.6) is 0 Å². The first kappa shape index (κ1) is 9.06. The third kappa shape index (κ3) is 2.05. The molecule has 2 heterocycles. The van der Waals surface area contributed by atoms with Gasteiger partial charge in [0.15, 0.2) is 5.82 Å². The molecule has 3 heteroatoms. The van der Waals surface area contributed by atoms with Crippen LogP contribution in [0, 0.1) is 6.92 Å². The molecule has 1 aromatic rings. The van der Waals surface area contributed by atoms with Crippen LogP contribution in [0.3, 0.4) is 0 Å². The van der Waals surface area contributed by atoms with E-state index in [4.69, 9.17) is 0 Å². The van der Waals surface area contributed by atoms with E-state index in [9.17, 15) is 0 Å². The van der Waals surface area contributed by atoms with Crippen molar-refractivity contribution < 1.29 is 0 Å². The van der Waals surface area contributed by atoms with E-state index in [1.165, 1.54) is 6.42 Å². The highest BCUT2D eigenvalue weighted by atomic mass is 14.9. The van der Waals surface area contributed by atoms with Crippen molar-refractivity contribution in [3.05, 3.63) is 29.9 Å². The van der Waals surface area contributed by atoms with Gasteiger partial charge >= 0.3 is 0 Å². The van der Waals surface area contributed by atoms with Crippen molar-refractivity contribution in [3.8, 4) is 0 Å². The summed E-state index contributed by atoms with van der Waals surface area (Å²) in [6, 6.07) is 0. The third-order valence-corrected chi connectivity index (χ3v) is 2.12. The van der Waals surface area contributed by atoms with Gasteiger partial charge < -0.3 is 0 Å². The molecule has 2 rings (SSSR count). The Morgan fingerprint density at radius 3 is 2.71 bits per heavy atom. The molecule has 1 aliphatic heterocycles. The molecule has 0 aromatic carbocycles. The molecular formula is C11H13N3. The van der Waals surface area contributed by atoms with E-state index in [0.29, 0.717) is 0 Å². The number of rotatable bonds is 1. The number of nitrogens with zero attached hydrogens (tertiary/aromatic N) is 3. The minimum absolute atomic E-state index is 0.730. The minimum Gasteiger partial charge on any atom is -0.258 e. The summed E-state index contributed by atoms with van der Waals surface area (Å²) in [6.45, 7) is 1.98. The standard InChI is InChI=1S/C11H13N3/c1-9-7-13-11(14-8-9)10-5-3-2-4-6-12-10/h5-8H,2-4H2,1H3. The van der Waals surface area contributed by atoms with Crippen LogP contribution in [0.2, 0.25) is 0 Å². The van der Waals surface area contributed by atoms with Crippen molar-refractivity contribution in [3.63, 3.8) is 0 Å². The highest BCUT2D eigenvalue weighted by Crippen LogP contribution is 2.15. The van der Waals surface area contributed by atoms with Crippen LogP contribution in [0.15, 0.2) is 23.5 Å². The average Bonchev–Trinajstić information content (AvgIpc) is 2.47. The zero-order valence-corrected chi connectivity index (χ0v) is 8.27. The molecule has 0 N–H and O–H groups in total. The summed E-state index contributed by atoms with van der Waals surface area (Å²) in [5.74, 6) is 0.730. The van der Waals surface area contributed by atoms with Gasteiger partial charge in [0.2, 0.25) is 0 Å². The van der Waals surface area contributed by atoms with E-state index < -0.39 is 0 Å². The Morgan fingerprint density at radius 2 is 1.93 bits per heavy atom. The molecule has 1 aromatic heterocycles. The lowest BCUT2D eigenvalue weighted by atomic mass is 10.2. The second kappa shape index (κ2) is 4.13.